The van der Waals surface area contributed by atoms with E-state index < -0.39 is 10.8 Å². The molecular weight excluding hydrogens is 288 g/mol. The monoisotopic (exact) mass is 308 g/mol. The molecule has 1 nitrogen and oxygen atoms in total. The van der Waals surface area contributed by atoms with Crippen LogP contribution in [0.4, 0.5) is 0 Å². The van der Waals surface area contributed by atoms with Crippen LogP contribution in [-0.4, -0.2) is 13.5 Å². The molecule has 98 valence electrons. The lowest BCUT2D eigenvalue weighted by Crippen LogP contribution is -2.48. The van der Waals surface area contributed by atoms with Crippen LogP contribution in [0.2, 0.25) is 0 Å². The van der Waals surface area contributed by atoms with Crippen LogP contribution in [0.1, 0.15) is 41.5 Å². The number of fused-ring (bicyclic) bond motifs is 1. The van der Waals surface area contributed by atoms with Gasteiger partial charge in [0.2, 0.25) is 0 Å². The average Bonchev–Trinajstić information content (AvgIpc) is 2.63. The molecule has 0 radical (unpaired) electrons. The quantitative estimate of drug-likeness (QED) is 0.596. The molecule has 3 atom stereocenters. The SMILES string of the molecule is CC(C)(C)C1=C[S@@](=O)[C@H]2SSS[C@@]12C(C)(C)C. The molecule has 5 heteroatoms. The Hall–Kier alpha value is 0.940. The van der Waals surface area contributed by atoms with E-state index in [-0.39, 0.29) is 20.2 Å². The highest BCUT2D eigenvalue weighted by Gasteiger charge is 2.62. The first-order valence-electron chi connectivity index (χ1n) is 5.74. The number of hydrogen-bond acceptors (Lipinski definition) is 4. The van der Waals surface area contributed by atoms with Gasteiger partial charge in [0.25, 0.3) is 0 Å². The van der Waals surface area contributed by atoms with Crippen molar-refractivity contribution in [1.82, 2.24) is 0 Å². The summed E-state index contributed by atoms with van der Waals surface area (Å²) < 4.78 is 12.6. The van der Waals surface area contributed by atoms with Gasteiger partial charge < -0.3 is 0 Å². The largest absolute Gasteiger partial charge is 0.254 e. The number of hydrogen-bond donors (Lipinski definition) is 0. The van der Waals surface area contributed by atoms with Crippen molar-refractivity contribution in [1.29, 1.82) is 0 Å². The molecule has 2 aliphatic heterocycles. The molecule has 2 rings (SSSR count). The highest BCUT2D eigenvalue weighted by Crippen LogP contribution is 2.72. The van der Waals surface area contributed by atoms with Crippen molar-refractivity contribution in [2.45, 2.75) is 50.9 Å². The molecule has 1 fully saturated rings. The van der Waals surface area contributed by atoms with Gasteiger partial charge in [0.05, 0.1) is 15.5 Å². The summed E-state index contributed by atoms with van der Waals surface area (Å²) in [5.74, 6) is 0. The van der Waals surface area contributed by atoms with Gasteiger partial charge in [-0.05, 0) is 26.2 Å². The molecule has 2 heterocycles. The van der Waals surface area contributed by atoms with Crippen LogP contribution in [0.5, 0.6) is 0 Å². The first-order chi connectivity index (χ1) is 7.61. The Morgan fingerprint density at radius 1 is 1.24 bits per heavy atom. The Balaban J connectivity index is 2.59. The molecule has 0 aliphatic carbocycles. The van der Waals surface area contributed by atoms with Gasteiger partial charge in [0.15, 0.2) is 0 Å². The Morgan fingerprint density at radius 2 is 1.82 bits per heavy atom. The third-order valence-corrected chi connectivity index (χ3v) is 11.3. The highest BCUT2D eigenvalue weighted by atomic mass is 33.5. The minimum atomic E-state index is -0.831. The van der Waals surface area contributed by atoms with Gasteiger partial charge in [-0.1, -0.05) is 63.1 Å². The Labute approximate surface area is 119 Å². The molecular formula is C12H20OS4. The fraction of sp³-hybridized carbons (Fsp3) is 0.833. The standard InChI is InChI=1S/C12H20OS4/c1-10(2,3)8-7-17(13)9-12(8,11(4,5)6)15-16-14-9/h7,9H,1-6H3/t9-,12+,17-/m1/s1. The van der Waals surface area contributed by atoms with E-state index >= 15 is 0 Å². The van der Waals surface area contributed by atoms with E-state index in [2.05, 4.69) is 41.5 Å². The van der Waals surface area contributed by atoms with Gasteiger partial charge in [-0.2, -0.15) is 0 Å². The average molecular weight is 309 g/mol. The zero-order valence-electron chi connectivity index (χ0n) is 11.2. The lowest BCUT2D eigenvalue weighted by molar-refractivity contribution is 0.296. The fourth-order valence-corrected chi connectivity index (χ4v) is 13.5. The van der Waals surface area contributed by atoms with Gasteiger partial charge in [0, 0.05) is 5.41 Å². The van der Waals surface area contributed by atoms with Crippen LogP contribution < -0.4 is 0 Å². The summed E-state index contributed by atoms with van der Waals surface area (Å²) in [6.07, 6.45) is 0. The van der Waals surface area contributed by atoms with Crippen molar-refractivity contribution < 1.29 is 4.21 Å². The van der Waals surface area contributed by atoms with Gasteiger partial charge >= 0.3 is 0 Å². The molecule has 0 aromatic rings. The third-order valence-electron chi connectivity index (χ3n) is 3.39. The smallest absolute Gasteiger partial charge is 0.115 e. The molecule has 0 aromatic heterocycles. The van der Waals surface area contributed by atoms with Gasteiger partial charge in [-0.25, -0.2) is 0 Å². The molecule has 0 bridgehead atoms. The maximum absolute atomic E-state index is 12.4. The predicted octanol–water partition coefficient (Wildman–Crippen LogP) is 4.83. The fourth-order valence-electron chi connectivity index (χ4n) is 2.47. The Kier molecular flexibility index (Phi) is 3.56. The second-order valence-electron chi connectivity index (χ2n) is 6.68. The van der Waals surface area contributed by atoms with E-state index in [0.717, 1.165) is 0 Å². The van der Waals surface area contributed by atoms with Gasteiger partial charge in [-0.3, -0.25) is 4.21 Å². The van der Waals surface area contributed by atoms with Crippen molar-refractivity contribution in [2.75, 3.05) is 0 Å². The Morgan fingerprint density at radius 3 is 2.29 bits per heavy atom. The summed E-state index contributed by atoms with van der Waals surface area (Å²) in [5.41, 5.74) is 1.60. The second-order valence-corrected chi connectivity index (χ2v) is 12.7. The molecule has 0 aromatic carbocycles. The van der Waals surface area contributed by atoms with Crippen molar-refractivity contribution in [3.05, 3.63) is 11.0 Å². The first-order valence-corrected chi connectivity index (χ1v) is 10.6. The third kappa shape index (κ3) is 2.05. The van der Waals surface area contributed by atoms with Crippen LogP contribution in [-0.2, 0) is 10.8 Å². The van der Waals surface area contributed by atoms with E-state index in [1.54, 1.807) is 10.8 Å². The van der Waals surface area contributed by atoms with Crippen LogP contribution >= 0.6 is 31.4 Å². The minimum absolute atomic E-state index is 0.0193. The molecule has 0 N–H and O–H groups in total. The summed E-state index contributed by atoms with van der Waals surface area (Å²) in [5, 5.41) is 2.04. The lowest BCUT2D eigenvalue weighted by Gasteiger charge is -2.45. The summed E-state index contributed by atoms with van der Waals surface area (Å²) in [4.78, 5) is 0. The molecule has 0 amide bonds. The summed E-state index contributed by atoms with van der Waals surface area (Å²) in [7, 11) is 4.70. The van der Waals surface area contributed by atoms with Crippen molar-refractivity contribution in [3.63, 3.8) is 0 Å². The molecule has 0 spiro atoms. The lowest BCUT2D eigenvalue weighted by atomic mass is 9.69. The maximum Gasteiger partial charge on any atom is 0.115 e. The van der Waals surface area contributed by atoms with Crippen LogP contribution in [0.25, 0.3) is 0 Å². The highest BCUT2D eigenvalue weighted by molar-refractivity contribution is 9.11. The molecule has 17 heavy (non-hydrogen) atoms. The minimum Gasteiger partial charge on any atom is -0.254 e. The zero-order valence-corrected chi connectivity index (χ0v) is 14.5. The van der Waals surface area contributed by atoms with Gasteiger partial charge in [-0.15, -0.1) is 0 Å². The van der Waals surface area contributed by atoms with E-state index in [1.807, 2.05) is 26.0 Å². The molecule has 0 saturated carbocycles. The van der Waals surface area contributed by atoms with E-state index in [9.17, 15) is 4.21 Å². The van der Waals surface area contributed by atoms with Crippen molar-refractivity contribution in [3.8, 4) is 0 Å². The summed E-state index contributed by atoms with van der Waals surface area (Å²) in [6.45, 7) is 13.5. The molecule has 0 unspecified atom stereocenters. The number of rotatable bonds is 0. The normalized spacial score (nSPS) is 38.1. The van der Waals surface area contributed by atoms with Crippen LogP contribution in [0.15, 0.2) is 11.0 Å². The van der Waals surface area contributed by atoms with E-state index in [1.165, 1.54) is 5.57 Å². The van der Waals surface area contributed by atoms with Gasteiger partial charge in [0.1, 0.15) is 4.58 Å². The summed E-state index contributed by atoms with van der Waals surface area (Å²) >= 11 is 0. The summed E-state index contributed by atoms with van der Waals surface area (Å²) in [6, 6.07) is 0. The molecule has 2 aliphatic rings. The van der Waals surface area contributed by atoms with Crippen molar-refractivity contribution in [2.24, 2.45) is 10.8 Å². The van der Waals surface area contributed by atoms with Crippen molar-refractivity contribution >= 4 is 42.2 Å². The van der Waals surface area contributed by atoms with E-state index in [0.29, 0.717) is 0 Å². The maximum atomic E-state index is 12.4. The van der Waals surface area contributed by atoms with Crippen LogP contribution in [0, 0.1) is 10.8 Å². The first kappa shape index (κ1) is 14.4. The van der Waals surface area contributed by atoms with Crippen LogP contribution in [0.3, 0.4) is 0 Å². The predicted molar refractivity (Wildman–Crippen MR) is 84.4 cm³/mol. The second kappa shape index (κ2) is 4.22. The molecule has 1 saturated heterocycles. The Bertz CT molecular complexity index is 388. The topological polar surface area (TPSA) is 17.1 Å². The zero-order chi connectivity index (χ0) is 13.1. The van der Waals surface area contributed by atoms with E-state index in [4.69, 9.17) is 0 Å².